The molecule has 4 atom stereocenters. The molecule has 0 spiro atoms. The highest BCUT2D eigenvalue weighted by Crippen LogP contribution is 2.39. The maximum atomic E-state index is 12.9. The van der Waals surface area contributed by atoms with Crippen molar-refractivity contribution < 1.29 is 4.79 Å². The summed E-state index contributed by atoms with van der Waals surface area (Å²) < 4.78 is 0. The quantitative estimate of drug-likeness (QED) is 0.833. The van der Waals surface area contributed by atoms with Gasteiger partial charge in [-0.2, -0.15) is 0 Å². The van der Waals surface area contributed by atoms with Crippen LogP contribution in [0.1, 0.15) is 57.8 Å². The summed E-state index contributed by atoms with van der Waals surface area (Å²) in [5.41, 5.74) is 5.89. The number of fused-ring (bicyclic) bond motifs is 1. The summed E-state index contributed by atoms with van der Waals surface area (Å²) in [7, 11) is 0. The normalized spacial score (nSPS) is 39.1. The van der Waals surface area contributed by atoms with E-state index < -0.39 is 0 Å². The molecule has 0 aromatic carbocycles. The molecule has 2 aliphatic carbocycles. The second kappa shape index (κ2) is 5.82. The largest absolute Gasteiger partial charge is 0.339 e. The van der Waals surface area contributed by atoms with E-state index in [4.69, 9.17) is 5.73 Å². The summed E-state index contributed by atoms with van der Waals surface area (Å²) in [6.45, 7) is 1.71. The van der Waals surface area contributed by atoms with Gasteiger partial charge in [0.25, 0.3) is 0 Å². The van der Waals surface area contributed by atoms with E-state index in [2.05, 4.69) is 4.90 Å². The third-order valence-electron chi connectivity index (χ3n) is 5.82. The van der Waals surface area contributed by atoms with Crippen molar-refractivity contribution in [2.24, 2.45) is 23.5 Å². The average molecular weight is 264 g/mol. The molecule has 2 saturated carbocycles. The monoisotopic (exact) mass is 264 g/mol. The highest BCUT2D eigenvalue weighted by Gasteiger charge is 2.42. The van der Waals surface area contributed by atoms with Gasteiger partial charge >= 0.3 is 0 Å². The van der Waals surface area contributed by atoms with E-state index in [0.29, 0.717) is 24.4 Å². The number of rotatable bonds is 2. The molecule has 3 rings (SSSR count). The van der Waals surface area contributed by atoms with E-state index in [1.54, 1.807) is 0 Å². The molecule has 2 N–H and O–H groups in total. The van der Waals surface area contributed by atoms with Crippen molar-refractivity contribution >= 4 is 5.91 Å². The molecule has 0 bridgehead atoms. The van der Waals surface area contributed by atoms with E-state index in [-0.39, 0.29) is 5.92 Å². The van der Waals surface area contributed by atoms with Crippen LogP contribution in [0.2, 0.25) is 0 Å². The van der Waals surface area contributed by atoms with Crippen LogP contribution in [-0.2, 0) is 4.79 Å². The molecule has 19 heavy (non-hydrogen) atoms. The van der Waals surface area contributed by atoms with Crippen molar-refractivity contribution in [3.8, 4) is 0 Å². The standard InChI is InChI=1S/C16H28N2O/c17-11-13-6-1-3-7-14(13)16(19)18-10-9-12-5-2-4-8-15(12)18/h12-15H,1-11,17H2. The highest BCUT2D eigenvalue weighted by molar-refractivity contribution is 5.80. The van der Waals surface area contributed by atoms with Crippen LogP contribution in [0.5, 0.6) is 0 Å². The van der Waals surface area contributed by atoms with Gasteiger partial charge in [0.05, 0.1) is 0 Å². The second-order valence-electron chi connectivity index (χ2n) is 6.82. The summed E-state index contributed by atoms with van der Waals surface area (Å²) in [5.74, 6) is 1.94. The van der Waals surface area contributed by atoms with Crippen molar-refractivity contribution in [1.29, 1.82) is 0 Å². The maximum absolute atomic E-state index is 12.9. The van der Waals surface area contributed by atoms with E-state index in [0.717, 1.165) is 25.3 Å². The number of nitrogens with two attached hydrogens (primary N) is 1. The van der Waals surface area contributed by atoms with Gasteiger partial charge in [0.15, 0.2) is 0 Å². The number of hydrogen-bond acceptors (Lipinski definition) is 2. The van der Waals surface area contributed by atoms with Crippen LogP contribution < -0.4 is 5.73 Å². The molecule has 1 amide bonds. The third kappa shape index (κ3) is 2.54. The Bertz CT molecular complexity index is 331. The van der Waals surface area contributed by atoms with Gasteiger partial charge in [0, 0.05) is 18.5 Å². The van der Waals surface area contributed by atoms with Crippen LogP contribution in [0.15, 0.2) is 0 Å². The predicted molar refractivity (Wildman–Crippen MR) is 76.6 cm³/mol. The van der Waals surface area contributed by atoms with Gasteiger partial charge in [-0.3, -0.25) is 4.79 Å². The first-order valence-electron chi connectivity index (χ1n) is 8.32. The van der Waals surface area contributed by atoms with Gasteiger partial charge in [0.2, 0.25) is 5.91 Å². The first-order valence-corrected chi connectivity index (χ1v) is 8.32. The first kappa shape index (κ1) is 13.4. The van der Waals surface area contributed by atoms with Crippen molar-refractivity contribution in [2.75, 3.05) is 13.1 Å². The van der Waals surface area contributed by atoms with Crippen LogP contribution >= 0.6 is 0 Å². The summed E-state index contributed by atoms with van der Waals surface area (Å²) >= 11 is 0. The summed E-state index contributed by atoms with van der Waals surface area (Å²) in [6, 6.07) is 0.571. The van der Waals surface area contributed by atoms with Gasteiger partial charge in [-0.15, -0.1) is 0 Å². The van der Waals surface area contributed by atoms with Gasteiger partial charge in [0.1, 0.15) is 0 Å². The lowest BCUT2D eigenvalue weighted by molar-refractivity contribution is -0.140. The maximum Gasteiger partial charge on any atom is 0.226 e. The van der Waals surface area contributed by atoms with Crippen molar-refractivity contribution in [1.82, 2.24) is 4.90 Å². The van der Waals surface area contributed by atoms with Crippen molar-refractivity contribution in [2.45, 2.75) is 63.8 Å². The Balaban J connectivity index is 1.69. The smallest absolute Gasteiger partial charge is 0.226 e. The molecule has 3 fully saturated rings. The van der Waals surface area contributed by atoms with Gasteiger partial charge in [-0.1, -0.05) is 25.7 Å². The SMILES string of the molecule is NCC1CCCCC1C(=O)N1CCC2CCCCC21. The fourth-order valence-electron chi connectivity index (χ4n) is 4.71. The highest BCUT2D eigenvalue weighted by atomic mass is 16.2. The van der Waals surface area contributed by atoms with Crippen molar-refractivity contribution in [3.63, 3.8) is 0 Å². The summed E-state index contributed by atoms with van der Waals surface area (Å²) in [5, 5.41) is 0. The van der Waals surface area contributed by atoms with E-state index in [1.165, 1.54) is 44.9 Å². The Hall–Kier alpha value is -0.570. The number of amides is 1. The molecule has 0 aromatic rings. The Kier molecular flexibility index (Phi) is 4.11. The number of likely N-dealkylation sites (tertiary alicyclic amines) is 1. The molecule has 3 heteroatoms. The van der Waals surface area contributed by atoms with Gasteiger partial charge in [-0.05, 0) is 50.5 Å². The summed E-state index contributed by atoms with van der Waals surface area (Å²) in [6.07, 6.45) is 11.2. The first-order chi connectivity index (χ1) is 9.31. The topological polar surface area (TPSA) is 46.3 Å². The molecule has 0 aromatic heterocycles. The molecule has 3 aliphatic rings. The van der Waals surface area contributed by atoms with Gasteiger partial charge < -0.3 is 10.6 Å². The number of hydrogen-bond donors (Lipinski definition) is 1. The number of carbonyl (C=O) groups is 1. The Morgan fingerprint density at radius 3 is 2.58 bits per heavy atom. The van der Waals surface area contributed by atoms with Gasteiger partial charge in [-0.25, -0.2) is 0 Å². The van der Waals surface area contributed by atoms with Crippen LogP contribution in [-0.4, -0.2) is 29.9 Å². The Morgan fingerprint density at radius 1 is 1.00 bits per heavy atom. The minimum absolute atomic E-state index is 0.236. The van der Waals surface area contributed by atoms with Crippen LogP contribution in [0.4, 0.5) is 0 Å². The fraction of sp³-hybridized carbons (Fsp3) is 0.938. The lowest BCUT2D eigenvalue weighted by atomic mass is 9.78. The lowest BCUT2D eigenvalue weighted by Crippen LogP contribution is -2.46. The fourth-order valence-corrected chi connectivity index (χ4v) is 4.71. The number of carbonyl (C=O) groups excluding carboxylic acids is 1. The Labute approximate surface area is 116 Å². The van der Waals surface area contributed by atoms with E-state index >= 15 is 0 Å². The molecule has 4 unspecified atom stereocenters. The van der Waals surface area contributed by atoms with E-state index in [9.17, 15) is 4.79 Å². The molecule has 108 valence electrons. The molecular weight excluding hydrogens is 236 g/mol. The predicted octanol–water partition coefficient (Wildman–Crippen LogP) is 2.54. The average Bonchev–Trinajstić information content (AvgIpc) is 2.90. The summed E-state index contributed by atoms with van der Waals surface area (Å²) in [4.78, 5) is 15.1. The van der Waals surface area contributed by atoms with Crippen LogP contribution in [0, 0.1) is 17.8 Å². The van der Waals surface area contributed by atoms with Crippen molar-refractivity contribution in [3.05, 3.63) is 0 Å². The molecule has 1 heterocycles. The van der Waals surface area contributed by atoms with Crippen LogP contribution in [0.3, 0.4) is 0 Å². The second-order valence-corrected chi connectivity index (χ2v) is 6.82. The molecule has 3 nitrogen and oxygen atoms in total. The minimum Gasteiger partial charge on any atom is -0.339 e. The molecule has 1 aliphatic heterocycles. The van der Waals surface area contributed by atoms with Crippen LogP contribution in [0.25, 0.3) is 0 Å². The minimum atomic E-state index is 0.236. The zero-order valence-corrected chi connectivity index (χ0v) is 12.0. The third-order valence-corrected chi connectivity index (χ3v) is 5.82. The lowest BCUT2D eigenvalue weighted by Gasteiger charge is -2.37. The Morgan fingerprint density at radius 2 is 1.74 bits per heavy atom. The molecule has 1 saturated heterocycles. The zero-order valence-electron chi connectivity index (χ0n) is 12.0. The molecular formula is C16H28N2O. The number of nitrogens with zero attached hydrogens (tertiary/aromatic N) is 1. The molecule has 0 radical (unpaired) electrons. The zero-order chi connectivity index (χ0) is 13.2. The van der Waals surface area contributed by atoms with E-state index in [1.807, 2.05) is 0 Å².